The van der Waals surface area contributed by atoms with Gasteiger partial charge in [-0.2, -0.15) is 0 Å². The molecule has 2 aromatic rings. The Morgan fingerprint density at radius 2 is 1.93 bits per heavy atom. The van der Waals surface area contributed by atoms with Crippen molar-refractivity contribution < 1.29 is 24.2 Å². The van der Waals surface area contributed by atoms with E-state index in [4.69, 9.17) is 9.84 Å². The van der Waals surface area contributed by atoms with Gasteiger partial charge in [0.2, 0.25) is 0 Å². The van der Waals surface area contributed by atoms with Gasteiger partial charge in [0.15, 0.2) is 0 Å². The van der Waals surface area contributed by atoms with Gasteiger partial charge in [0.05, 0.1) is 31.5 Å². The highest BCUT2D eigenvalue weighted by atomic mass is 79.9. The summed E-state index contributed by atoms with van der Waals surface area (Å²) in [6.45, 7) is -0.0473. The SMILES string of the molecule is COC(=O)C1=C(Nc2ccc(NC(=O)c3ccccc3)c(Br)c2)C(=O)N(CCO)C1. The van der Waals surface area contributed by atoms with Crippen molar-refractivity contribution >= 4 is 45.1 Å². The maximum atomic E-state index is 12.6. The zero-order chi connectivity index (χ0) is 21.7. The van der Waals surface area contributed by atoms with E-state index in [1.54, 1.807) is 42.5 Å². The van der Waals surface area contributed by atoms with Crippen LogP contribution >= 0.6 is 15.9 Å². The molecular formula is C21H20BrN3O5. The molecule has 0 saturated carbocycles. The average Bonchev–Trinajstić information content (AvgIpc) is 3.06. The Kier molecular flexibility index (Phi) is 6.86. The number of benzene rings is 2. The van der Waals surface area contributed by atoms with Gasteiger partial charge < -0.3 is 25.4 Å². The number of hydrogen-bond acceptors (Lipinski definition) is 6. The van der Waals surface area contributed by atoms with Crippen LogP contribution in [-0.2, 0) is 14.3 Å². The van der Waals surface area contributed by atoms with Crippen LogP contribution in [0.25, 0.3) is 0 Å². The topological polar surface area (TPSA) is 108 Å². The van der Waals surface area contributed by atoms with Crippen molar-refractivity contribution in [3.05, 3.63) is 69.8 Å². The third-order valence-corrected chi connectivity index (χ3v) is 5.13. The number of carbonyl (C=O) groups is 3. The van der Waals surface area contributed by atoms with Crippen LogP contribution in [0.15, 0.2) is 64.3 Å². The fourth-order valence-electron chi connectivity index (χ4n) is 2.97. The van der Waals surface area contributed by atoms with Crippen molar-refractivity contribution in [1.29, 1.82) is 0 Å². The van der Waals surface area contributed by atoms with Crippen molar-refractivity contribution in [2.45, 2.75) is 0 Å². The fourth-order valence-corrected chi connectivity index (χ4v) is 3.45. The Morgan fingerprint density at radius 3 is 2.57 bits per heavy atom. The number of nitrogens with zero attached hydrogens (tertiary/aromatic N) is 1. The molecule has 0 saturated heterocycles. The van der Waals surface area contributed by atoms with E-state index in [0.717, 1.165) is 0 Å². The number of esters is 1. The van der Waals surface area contributed by atoms with Crippen LogP contribution in [0, 0.1) is 0 Å². The number of anilines is 2. The predicted molar refractivity (Wildman–Crippen MR) is 115 cm³/mol. The summed E-state index contributed by atoms with van der Waals surface area (Å²) in [6.07, 6.45) is 0. The minimum absolute atomic E-state index is 0.0563. The molecule has 8 nitrogen and oxygen atoms in total. The fraction of sp³-hybridized carbons (Fsp3) is 0.190. The molecular weight excluding hydrogens is 454 g/mol. The Balaban J connectivity index is 1.79. The molecule has 0 spiro atoms. The summed E-state index contributed by atoms with van der Waals surface area (Å²) in [5.41, 5.74) is 1.91. The molecule has 1 aliphatic heterocycles. The van der Waals surface area contributed by atoms with E-state index in [1.807, 2.05) is 6.07 Å². The molecule has 0 atom stereocenters. The lowest BCUT2D eigenvalue weighted by Crippen LogP contribution is -2.31. The van der Waals surface area contributed by atoms with Gasteiger partial charge in [0.1, 0.15) is 5.70 Å². The van der Waals surface area contributed by atoms with Gasteiger partial charge in [0.25, 0.3) is 11.8 Å². The quantitative estimate of drug-likeness (QED) is 0.532. The molecule has 30 heavy (non-hydrogen) atoms. The summed E-state index contributed by atoms with van der Waals surface area (Å²) < 4.78 is 5.36. The minimum Gasteiger partial charge on any atom is -0.466 e. The third-order valence-electron chi connectivity index (χ3n) is 4.48. The van der Waals surface area contributed by atoms with Gasteiger partial charge >= 0.3 is 5.97 Å². The number of aliphatic hydroxyl groups excluding tert-OH is 1. The van der Waals surface area contributed by atoms with Crippen molar-refractivity contribution in [2.75, 3.05) is 37.4 Å². The maximum Gasteiger partial charge on any atom is 0.337 e. The molecule has 0 radical (unpaired) electrons. The Hall–Kier alpha value is -3.17. The van der Waals surface area contributed by atoms with E-state index in [2.05, 4.69) is 26.6 Å². The smallest absolute Gasteiger partial charge is 0.337 e. The standard InChI is InChI=1S/C21H20BrN3O5/c1-30-21(29)15-12-25(9-10-26)20(28)18(15)23-14-7-8-17(16(22)11-14)24-19(27)13-5-3-2-4-6-13/h2-8,11,23,26H,9-10,12H2,1H3,(H,24,27). The van der Waals surface area contributed by atoms with E-state index in [9.17, 15) is 14.4 Å². The van der Waals surface area contributed by atoms with Crippen LogP contribution in [0.3, 0.4) is 0 Å². The Bertz CT molecular complexity index is 1010. The number of rotatable bonds is 7. The second kappa shape index (κ2) is 9.55. The van der Waals surface area contributed by atoms with Crippen molar-refractivity contribution in [1.82, 2.24) is 4.90 Å². The predicted octanol–water partition coefficient (Wildman–Crippen LogP) is 2.37. The first-order valence-corrected chi connectivity index (χ1v) is 9.88. The van der Waals surface area contributed by atoms with E-state index in [0.29, 0.717) is 21.4 Å². The Morgan fingerprint density at radius 1 is 1.20 bits per heavy atom. The highest BCUT2D eigenvalue weighted by molar-refractivity contribution is 9.10. The average molecular weight is 474 g/mol. The lowest BCUT2D eigenvalue weighted by molar-refractivity contribution is -0.136. The summed E-state index contributed by atoms with van der Waals surface area (Å²) >= 11 is 3.42. The third kappa shape index (κ3) is 4.69. The summed E-state index contributed by atoms with van der Waals surface area (Å²) in [4.78, 5) is 38.4. The lowest BCUT2D eigenvalue weighted by Gasteiger charge is -2.15. The first kappa shape index (κ1) is 21.5. The number of halogens is 1. The number of ether oxygens (including phenoxy) is 1. The largest absolute Gasteiger partial charge is 0.466 e. The van der Waals surface area contributed by atoms with Crippen molar-refractivity contribution in [2.24, 2.45) is 0 Å². The summed E-state index contributed by atoms with van der Waals surface area (Å²) in [6, 6.07) is 13.9. The Labute approximate surface area is 181 Å². The minimum atomic E-state index is -0.614. The molecule has 0 bridgehead atoms. The maximum absolute atomic E-state index is 12.6. The van der Waals surface area contributed by atoms with Gasteiger partial charge in [-0.3, -0.25) is 9.59 Å². The highest BCUT2D eigenvalue weighted by Gasteiger charge is 2.34. The molecule has 2 amide bonds. The molecule has 3 N–H and O–H groups in total. The summed E-state index contributed by atoms with van der Waals surface area (Å²) in [5, 5.41) is 14.9. The van der Waals surface area contributed by atoms with Crippen LogP contribution in [-0.4, -0.2) is 54.6 Å². The molecule has 0 aliphatic carbocycles. The second-order valence-electron chi connectivity index (χ2n) is 6.44. The zero-order valence-electron chi connectivity index (χ0n) is 16.1. The number of methoxy groups -OCH3 is 1. The molecule has 1 heterocycles. The first-order chi connectivity index (χ1) is 14.4. The molecule has 9 heteroatoms. The second-order valence-corrected chi connectivity index (χ2v) is 7.29. The van der Waals surface area contributed by atoms with Crippen LogP contribution in [0.4, 0.5) is 11.4 Å². The van der Waals surface area contributed by atoms with Crippen LogP contribution in [0.1, 0.15) is 10.4 Å². The van der Waals surface area contributed by atoms with Gasteiger partial charge in [-0.15, -0.1) is 0 Å². The number of β-amino-alcohol motifs (C(OH)–C–C–N with tert-alkyl or cyclic N) is 1. The molecule has 0 unspecified atom stereocenters. The van der Waals surface area contributed by atoms with Crippen LogP contribution in [0.2, 0.25) is 0 Å². The summed E-state index contributed by atoms with van der Waals surface area (Å²) in [5.74, 6) is -1.27. The number of carbonyl (C=O) groups excluding carboxylic acids is 3. The number of nitrogens with one attached hydrogen (secondary N) is 2. The molecule has 0 aromatic heterocycles. The number of aliphatic hydroxyl groups is 1. The summed E-state index contributed by atoms with van der Waals surface area (Å²) in [7, 11) is 1.24. The zero-order valence-corrected chi connectivity index (χ0v) is 17.7. The van der Waals surface area contributed by atoms with Crippen LogP contribution in [0.5, 0.6) is 0 Å². The van der Waals surface area contributed by atoms with Gasteiger partial charge in [0, 0.05) is 22.3 Å². The van der Waals surface area contributed by atoms with E-state index < -0.39 is 11.9 Å². The highest BCUT2D eigenvalue weighted by Crippen LogP contribution is 2.29. The van der Waals surface area contributed by atoms with Crippen molar-refractivity contribution in [3.63, 3.8) is 0 Å². The van der Waals surface area contributed by atoms with Crippen molar-refractivity contribution in [3.8, 4) is 0 Å². The van der Waals surface area contributed by atoms with E-state index >= 15 is 0 Å². The molecule has 0 fully saturated rings. The lowest BCUT2D eigenvalue weighted by atomic mass is 10.2. The van der Waals surface area contributed by atoms with Gasteiger partial charge in [-0.05, 0) is 46.3 Å². The number of hydrogen-bond donors (Lipinski definition) is 3. The van der Waals surface area contributed by atoms with Gasteiger partial charge in [-0.25, -0.2) is 4.79 Å². The monoisotopic (exact) mass is 473 g/mol. The molecule has 2 aromatic carbocycles. The van der Waals surface area contributed by atoms with Crippen LogP contribution < -0.4 is 10.6 Å². The normalized spacial score (nSPS) is 13.4. The van der Waals surface area contributed by atoms with Gasteiger partial charge in [-0.1, -0.05) is 18.2 Å². The molecule has 1 aliphatic rings. The number of amides is 2. The van der Waals surface area contributed by atoms with E-state index in [1.165, 1.54) is 12.0 Å². The van der Waals surface area contributed by atoms with E-state index in [-0.39, 0.29) is 36.9 Å². The molecule has 3 rings (SSSR count). The first-order valence-electron chi connectivity index (χ1n) is 9.09. The molecule has 156 valence electrons.